The second kappa shape index (κ2) is 14.2. The van der Waals surface area contributed by atoms with E-state index in [2.05, 4.69) is 0 Å². The highest BCUT2D eigenvalue weighted by atomic mass is 19.4. The quantitative estimate of drug-likeness (QED) is 0.212. The van der Waals surface area contributed by atoms with Crippen LogP contribution in [0, 0.1) is 0 Å². The maximum atomic E-state index is 13.2. The minimum absolute atomic E-state index is 0.0244. The van der Waals surface area contributed by atoms with Crippen molar-refractivity contribution in [2.75, 3.05) is 19.8 Å². The Morgan fingerprint density at radius 2 is 1.78 bits per heavy atom. The molecule has 1 heterocycles. The first kappa shape index (κ1) is 31.8. The lowest BCUT2D eigenvalue weighted by atomic mass is 9.82. The van der Waals surface area contributed by atoms with Crippen molar-refractivity contribution >= 4 is 17.7 Å². The number of Topliss-reactive ketones (excluding diaryl/α,β-unsaturated/α-hetero) is 1. The summed E-state index contributed by atoms with van der Waals surface area (Å²) in [6.07, 6.45) is -3.32. The van der Waals surface area contributed by atoms with Crippen molar-refractivity contribution in [2.24, 2.45) is 0 Å². The first-order chi connectivity index (χ1) is 19.5. The topological polar surface area (TPSA) is 111 Å². The van der Waals surface area contributed by atoms with Gasteiger partial charge >= 0.3 is 12.1 Å². The number of carbonyl (C=O) groups excluding carboxylic acids is 3. The van der Waals surface area contributed by atoms with E-state index in [0.717, 1.165) is 12.1 Å². The second-order valence-corrected chi connectivity index (χ2v) is 9.81. The van der Waals surface area contributed by atoms with Gasteiger partial charge in [-0.3, -0.25) is 9.59 Å². The van der Waals surface area contributed by atoms with Crippen LogP contribution in [0.4, 0.5) is 13.2 Å². The number of hydrogen-bond acceptors (Lipinski definition) is 8. The molecule has 0 aliphatic carbocycles. The van der Waals surface area contributed by atoms with Crippen LogP contribution in [-0.2, 0) is 26.9 Å². The molecular weight excluding hydrogens is 545 g/mol. The van der Waals surface area contributed by atoms with Crippen molar-refractivity contribution in [2.45, 2.75) is 77.0 Å². The van der Waals surface area contributed by atoms with Crippen LogP contribution in [0.5, 0.6) is 17.2 Å². The van der Waals surface area contributed by atoms with Gasteiger partial charge < -0.3 is 28.8 Å². The van der Waals surface area contributed by atoms with Crippen LogP contribution < -0.4 is 19.3 Å². The van der Waals surface area contributed by atoms with Gasteiger partial charge in [0.05, 0.1) is 37.4 Å². The normalized spacial score (nSPS) is 16.5. The summed E-state index contributed by atoms with van der Waals surface area (Å²) in [5, 5.41) is 11.3. The molecule has 0 spiro atoms. The highest BCUT2D eigenvalue weighted by Crippen LogP contribution is 2.44. The van der Waals surface area contributed by atoms with E-state index < -0.39 is 29.3 Å². The molecule has 0 aromatic heterocycles. The predicted molar refractivity (Wildman–Crippen MR) is 140 cm³/mol. The van der Waals surface area contributed by atoms with E-state index in [1.165, 1.54) is 12.1 Å². The number of esters is 1. The molecule has 0 radical (unpaired) electrons. The first-order valence-corrected chi connectivity index (χ1v) is 13.6. The average molecular weight is 580 g/mol. The summed E-state index contributed by atoms with van der Waals surface area (Å²) in [4.78, 5) is 36.6. The van der Waals surface area contributed by atoms with Crippen molar-refractivity contribution in [3.8, 4) is 17.2 Å². The van der Waals surface area contributed by atoms with Crippen LogP contribution in [0.2, 0.25) is 0 Å². The van der Waals surface area contributed by atoms with E-state index in [9.17, 15) is 32.7 Å². The summed E-state index contributed by atoms with van der Waals surface area (Å²) in [7, 11) is 0. The van der Waals surface area contributed by atoms with Gasteiger partial charge in [0.2, 0.25) is 0 Å². The molecule has 0 N–H and O–H groups in total. The molecule has 2 aromatic carbocycles. The maximum Gasteiger partial charge on any atom is 0.416 e. The minimum atomic E-state index is -4.46. The van der Waals surface area contributed by atoms with Crippen LogP contribution in [0.3, 0.4) is 0 Å². The van der Waals surface area contributed by atoms with Gasteiger partial charge in [-0.2, -0.15) is 13.2 Å². The molecule has 0 fully saturated rings. The molecule has 41 heavy (non-hydrogen) atoms. The number of ketones is 1. The zero-order valence-electron chi connectivity index (χ0n) is 23.1. The van der Waals surface area contributed by atoms with Crippen molar-refractivity contribution in [3.05, 3.63) is 53.1 Å². The third-order valence-corrected chi connectivity index (χ3v) is 6.67. The SMILES string of the molecule is CCCc1c(OCCCOc2cccc(C(F)(F)F)c2)ccc2c1OC(CCC(=O)[O-])(CCC(=O)OCC)CC2=O. The molecule has 11 heteroatoms. The fourth-order valence-corrected chi connectivity index (χ4v) is 4.70. The van der Waals surface area contributed by atoms with Gasteiger partial charge in [0.1, 0.15) is 22.8 Å². The Hall–Kier alpha value is -3.76. The van der Waals surface area contributed by atoms with E-state index >= 15 is 0 Å². The van der Waals surface area contributed by atoms with Crippen LogP contribution in [-0.4, -0.2) is 43.1 Å². The summed E-state index contributed by atoms with van der Waals surface area (Å²) in [5.41, 5.74) is -1.02. The summed E-state index contributed by atoms with van der Waals surface area (Å²) in [5.74, 6) is -1.11. The van der Waals surface area contributed by atoms with Crippen molar-refractivity contribution in [1.29, 1.82) is 0 Å². The number of fused-ring (bicyclic) bond motifs is 1. The minimum Gasteiger partial charge on any atom is -0.550 e. The van der Waals surface area contributed by atoms with Gasteiger partial charge in [0.25, 0.3) is 0 Å². The maximum absolute atomic E-state index is 13.2. The molecule has 1 aliphatic heterocycles. The molecule has 0 amide bonds. The van der Waals surface area contributed by atoms with Crippen molar-refractivity contribution in [3.63, 3.8) is 0 Å². The number of aliphatic carboxylic acids is 1. The Morgan fingerprint density at radius 1 is 1.05 bits per heavy atom. The van der Waals surface area contributed by atoms with Crippen molar-refractivity contribution < 1.29 is 51.6 Å². The largest absolute Gasteiger partial charge is 0.550 e. The number of halogens is 3. The Balaban J connectivity index is 1.74. The summed E-state index contributed by atoms with van der Waals surface area (Å²) in [6.45, 7) is 4.11. The fraction of sp³-hybridized carbons (Fsp3) is 0.500. The number of carbonyl (C=O) groups is 3. The third-order valence-electron chi connectivity index (χ3n) is 6.67. The standard InChI is InChI=1S/C30H35F3O8/c1-3-7-23-25(40-17-6-16-39-21-9-5-8-20(18-21)30(31,32)33)11-10-22-24(34)19-29(41-28(22)23,14-12-26(35)36)15-13-27(37)38-4-2/h5,8-11,18H,3-4,6-7,12-17,19H2,1-2H3,(H,35,36)/p-1. The van der Waals surface area contributed by atoms with Gasteiger partial charge in [-0.25, -0.2) is 0 Å². The van der Waals surface area contributed by atoms with E-state index in [0.29, 0.717) is 41.9 Å². The van der Waals surface area contributed by atoms with E-state index in [1.54, 1.807) is 19.1 Å². The molecule has 1 unspecified atom stereocenters. The highest BCUT2D eigenvalue weighted by molar-refractivity contribution is 6.01. The Bertz CT molecular complexity index is 1230. The number of benzene rings is 2. The van der Waals surface area contributed by atoms with E-state index in [-0.39, 0.29) is 63.5 Å². The zero-order valence-corrected chi connectivity index (χ0v) is 23.1. The number of rotatable bonds is 15. The van der Waals surface area contributed by atoms with Crippen LogP contribution in [0.15, 0.2) is 36.4 Å². The van der Waals surface area contributed by atoms with Gasteiger partial charge in [-0.05, 0) is 62.9 Å². The van der Waals surface area contributed by atoms with Gasteiger partial charge in [0, 0.05) is 24.4 Å². The van der Waals surface area contributed by atoms with Gasteiger partial charge in [0.15, 0.2) is 5.78 Å². The number of ether oxygens (including phenoxy) is 4. The fourth-order valence-electron chi connectivity index (χ4n) is 4.70. The molecule has 2 aromatic rings. The van der Waals surface area contributed by atoms with Gasteiger partial charge in [-0.15, -0.1) is 0 Å². The second-order valence-electron chi connectivity index (χ2n) is 9.81. The molecule has 224 valence electrons. The highest BCUT2D eigenvalue weighted by Gasteiger charge is 2.42. The van der Waals surface area contributed by atoms with Crippen LogP contribution in [0.25, 0.3) is 0 Å². The summed E-state index contributed by atoms with van der Waals surface area (Å²) >= 11 is 0. The summed E-state index contributed by atoms with van der Waals surface area (Å²) < 4.78 is 61.6. The Kier molecular flexibility index (Phi) is 11.0. The lowest BCUT2D eigenvalue weighted by Gasteiger charge is -2.39. The molecule has 0 saturated carbocycles. The number of carboxylic acids is 1. The molecule has 3 rings (SSSR count). The third kappa shape index (κ3) is 8.86. The monoisotopic (exact) mass is 579 g/mol. The molecule has 8 nitrogen and oxygen atoms in total. The average Bonchev–Trinajstić information content (AvgIpc) is 2.92. The Labute approximate surface area is 236 Å². The molecule has 1 atom stereocenters. The molecule has 0 bridgehead atoms. The van der Waals surface area contributed by atoms with Gasteiger partial charge in [-0.1, -0.05) is 19.4 Å². The predicted octanol–water partition coefficient (Wildman–Crippen LogP) is 5.08. The Morgan fingerprint density at radius 3 is 2.46 bits per heavy atom. The molecule has 0 saturated heterocycles. The molecule has 1 aliphatic rings. The van der Waals surface area contributed by atoms with Crippen molar-refractivity contribution in [1.82, 2.24) is 0 Å². The first-order valence-electron chi connectivity index (χ1n) is 13.6. The lowest BCUT2D eigenvalue weighted by Crippen LogP contribution is -2.44. The number of alkyl halides is 3. The van der Waals surface area contributed by atoms with Crippen LogP contribution >= 0.6 is 0 Å². The van der Waals surface area contributed by atoms with E-state index in [4.69, 9.17) is 18.9 Å². The lowest BCUT2D eigenvalue weighted by molar-refractivity contribution is -0.306. The zero-order chi connectivity index (χ0) is 30.0. The number of carboxylic acid groups (broad SMARTS) is 1. The summed E-state index contributed by atoms with van der Waals surface area (Å²) in [6, 6.07) is 7.90. The number of hydrogen-bond donors (Lipinski definition) is 0. The van der Waals surface area contributed by atoms with Crippen LogP contribution in [0.1, 0.15) is 80.3 Å². The molecular formula is C30H34F3O8-. The smallest absolute Gasteiger partial charge is 0.416 e. The van der Waals surface area contributed by atoms with E-state index in [1.807, 2.05) is 6.92 Å².